The number of aliphatic hydroxyl groups is 1. The predicted octanol–water partition coefficient (Wildman–Crippen LogP) is 2.83. The molecule has 0 amide bonds. The first-order chi connectivity index (χ1) is 12.1. The van der Waals surface area contributed by atoms with Crippen LogP contribution in [0, 0.1) is 19.8 Å². The number of nitrogens with zero attached hydrogens (tertiary/aromatic N) is 2. The molecule has 2 aromatic rings. The lowest BCUT2D eigenvalue weighted by Gasteiger charge is -2.33. The SMILES string of the molecule is Cc1noc(C)c1CNCC1CCN(C[C@H](O)c2ccccc2)CC1. The van der Waals surface area contributed by atoms with Gasteiger partial charge >= 0.3 is 0 Å². The molecule has 1 aromatic carbocycles. The summed E-state index contributed by atoms with van der Waals surface area (Å²) in [5.74, 6) is 1.61. The average Bonchev–Trinajstić information content (AvgIpc) is 2.96. The number of piperidine rings is 1. The van der Waals surface area contributed by atoms with Crippen LogP contribution in [0.5, 0.6) is 0 Å². The van der Waals surface area contributed by atoms with E-state index in [-0.39, 0.29) is 0 Å². The summed E-state index contributed by atoms with van der Waals surface area (Å²) >= 11 is 0. The van der Waals surface area contributed by atoms with Crippen LogP contribution < -0.4 is 5.32 Å². The third-order valence-electron chi connectivity index (χ3n) is 5.24. The Morgan fingerprint density at radius 2 is 1.96 bits per heavy atom. The van der Waals surface area contributed by atoms with E-state index in [9.17, 15) is 5.11 Å². The van der Waals surface area contributed by atoms with Crippen LogP contribution in [-0.4, -0.2) is 41.3 Å². The maximum atomic E-state index is 10.4. The Morgan fingerprint density at radius 1 is 1.24 bits per heavy atom. The second-order valence-electron chi connectivity index (χ2n) is 7.10. The Hall–Kier alpha value is -1.69. The zero-order valence-electron chi connectivity index (χ0n) is 15.2. The summed E-state index contributed by atoms with van der Waals surface area (Å²) in [4.78, 5) is 2.38. The van der Waals surface area contributed by atoms with Crippen molar-refractivity contribution < 1.29 is 9.63 Å². The van der Waals surface area contributed by atoms with Gasteiger partial charge in [-0.1, -0.05) is 35.5 Å². The van der Waals surface area contributed by atoms with Crippen molar-refractivity contribution in [2.24, 2.45) is 5.92 Å². The quantitative estimate of drug-likeness (QED) is 0.809. The summed E-state index contributed by atoms with van der Waals surface area (Å²) in [6.45, 7) is 8.65. The molecule has 136 valence electrons. The number of aryl methyl sites for hydroxylation is 2. The molecular formula is C20H29N3O2. The lowest BCUT2D eigenvalue weighted by Crippen LogP contribution is -2.39. The molecule has 25 heavy (non-hydrogen) atoms. The molecule has 3 rings (SSSR count). The van der Waals surface area contributed by atoms with Crippen molar-refractivity contribution in [2.45, 2.75) is 39.3 Å². The first-order valence-electron chi connectivity index (χ1n) is 9.21. The summed E-state index contributed by atoms with van der Waals surface area (Å²) < 4.78 is 5.20. The Balaban J connectivity index is 1.37. The summed E-state index contributed by atoms with van der Waals surface area (Å²) in [6.07, 6.45) is 1.96. The Morgan fingerprint density at radius 3 is 2.60 bits per heavy atom. The monoisotopic (exact) mass is 343 g/mol. The number of likely N-dealkylation sites (tertiary alicyclic amines) is 1. The van der Waals surface area contributed by atoms with Crippen molar-refractivity contribution in [1.29, 1.82) is 0 Å². The van der Waals surface area contributed by atoms with Gasteiger partial charge in [0, 0.05) is 18.7 Å². The number of benzene rings is 1. The normalized spacial score (nSPS) is 17.7. The zero-order chi connectivity index (χ0) is 17.6. The molecule has 1 atom stereocenters. The Labute approximate surface area is 150 Å². The molecule has 1 aliphatic heterocycles. The number of β-amino-alcohol motifs (C(OH)–C–C–N with tert-alkyl or cyclic N) is 1. The fourth-order valence-corrected chi connectivity index (χ4v) is 3.55. The van der Waals surface area contributed by atoms with Crippen LogP contribution >= 0.6 is 0 Å². The Bertz CT molecular complexity index is 629. The van der Waals surface area contributed by atoms with Crippen LogP contribution in [-0.2, 0) is 6.54 Å². The third kappa shape index (κ3) is 4.91. The van der Waals surface area contributed by atoms with Gasteiger partial charge in [-0.25, -0.2) is 0 Å². The third-order valence-corrected chi connectivity index (χ3v) is 5.24. The highest BCUT2D eigenvalue weighted by molar-refractivity contribution is 5.20. The standard InChI is InChI=1S/C20H29N3O2/c1-15-19(16(2)25-22-15)13-21-12-17-8-10-23(11-9-17)14-20(24)18-6-4-3-5-7-18/h3-7,17,20-21,24H,8-14H2,1-2H3/t20-/m0/s1. The molecule has 0 unspecified atom stereocenters. The van der Waals surface area contributed by atoms with Crippen molar-refractivity contribution in [3.05, 3.63) is 52.9 Å². The number of aliphatic hydroxyl groups excluding tert-OH is 1. The van der Waals surface area contributed by atoms with Crippen molar-refractivity contribution in [1.82, 2.24) is 15.4 Å². The van der Waals surface area contributed by atoms with E-state index >= 15 is 0 Å². The minimum Gasteiger partial charge on any atom is -0.387 e. The van der Waals surface area contributed by atoms with Gasteiger partial charge in [0.1, 0.15) is 5.76 Å². The van der Waals surface area contributed by atoms with Crippen molar-refractivity contribution in [3.8, 4) is 0 Å². The van der Waals surface area contributed by atoms with E-state index in [0.717, 1.165) is 49.7 Å². The van der Waals surface area contributed by atoms with E-state index in [1.54, 1.807) is 0 Å². The molecule has 0 saturated carbocycles. The van der Waals surface area contributed by atoms with Crippen molar-refractivity contribution in [3.63, 3.8) is 0 Å². The lowest BCUT2D eigenvalue weighted by molar-refractivity contribution is 0.0891. The average molecular weight is 343 g/mol. The fraction of sp³-hybridized carbons (Fsp3) is 0.550. The highest BCUT2D eigenvalue weighted by atomic mass is 16.5. The van der Waals surface area contributed by atoms with E-state index in [1.165, 1.54) is 18.4 Å². The molecule has 0 spiro atoms. The van der Waals surface area contributed by atoms with Gasteiger partial charge < -0.3 is 19.8 Å². The van der Waals surface area contributed by atoms with Crippen LogP contribution in [0.2, 0.25) is 0 Å². The van der Waals surface area contributed by atoms with Crippen molar-refractivity contribution in [2.75, 3.05) is 26.2 Å². The number of hydrogen-bond acceptors (Lipinski definition) is 5. The summed E-state index contributed by atoms with van der Waals surface area (Å²) in [7, 11) is 0. The minimum atomic E-state index is -0.393. The largest absolute Gasteiger partial charge is 0.387 e. The topological polar surface area (TPSA) is 61.5 Å². The van der Waals surface area contributed by atoms with Crippen LogP contribution in [0.3, 0.4) is 0 Å². The van der Waals surface area contributed by atoms with Gasteiger partial charge in [-0.3, -0.25) is 0 Å². The van der Waals surface area contributed by atoms with Gasteiger partial charge in [0.2, 0.25) is 0 Å². The van der Waals surface area contributed by atoms with Gasteiger partial charge in [0.25, 0.3) is 0 Å². The van der Waals surface area contributed by atoms with Crippen LogP contribution in [0.4, 0.5) is 0 Å². The first-order valence-corrected chi connectivity index (χ1v) is 9.21. The Kier molecular flexibility index (Phi) is 6.24. The first kappa shape index (κ1) is 18.1. The maximum Gasteiger partial charge on any atom is 0.138 e. The van der Waals surface area contributed by atoms with Crippen molar-refractivity contribution >= 4 is 0 Å². The van der Waals surface area contributed by atoms with E-state index in [0.29, 0.717) is 5.92 Å². The molecule has 0 bridgehead atoms. The van der Waals surface area contributed by atoms with Crippen LogP contribution in [0.25, 0.3) is 0 Å². The highest BCUT2D eigenvalue weighted by Crippen LogP contribution is 2.20. The molecular weight excluding hydrogens is 314 g/mol. The molecule has 1 aromatic heterocycles. The van der Waals surface area contributed by atoms with Gasteiger partial charge in [0.05, 0.1) is 11.8 Å². The molecule has 0 aliphatic carbocycles. The zero-order valence-corrected chi connectivity index (χ0v) is 15.2. The smallest absolute Gasteiger partial charge is 0.138 e. The maximum absolute atomic E-state index is 10.4. The second-order valence-corrected chi connectivity index (χ2v) is 7.10. The molecule has 0 radical (unpaired) electrons. The lowest BCUT2D eigenvalue weighted by atomic mass is 9.96. The second kappa shape index (κ2) is 8.61. The summed E-state index contributed by atoms with van der Waals surface area (Å²) in [6, 6.07) is 9.94. The summed E-state index contributed by atoms with van der Waals surface area (Å²) in [5, 5.41) is 17.9. The van der Waals surface area contributed by atoms with E-state index in [1.807, 2.05) is 44.2 Å². The van der Waals surface area contributed by atoms with E-state index in [2.05, 4.69) is 15.4 Å². The van der Waals surface area contributed by atoms with Gasteiger partial charge in [-0.2, -0.15) is 0 Å². The number of aromatic nitrogens is 1. The number of rotatable bonds is 7. The minimum absolute atomic E-state index is 0.393. The molecule has 5 nitrogen and oxygen atoms in total. The van der Waals surface area contributed by atoms with Gasteiger partial charge in [0.15, 0.2) is 0 Å². The summed E-state index contributed by atoms with van der Waals surface area (Å²) in [5.41, 5.74) is 3.17. The molecule has 1 saturated heterocycles. The molecule has 5 heteroatoms. The van der Waals surface area contributed by atoms with Gasteiger partial charge in [-0.05, 0) is 57.8 Å². The number of nitrogens with one attached hydrogen (secondary N) is 1. The van der Waals surface area contributed by atoms with Crippen LogP contribution in [0.15, 0.2) is 34.9 Å². The molecule has 1 fully saturated rings. The molecule has 2 heterocycles. The predicted molar refractivity (Wildman–Crippen MR) is 98.2 cm³/mol. The molecule has 1 aliphatic rings. The number of hydrogen-bond donors (Lipinski definition) is 2. The fourth-order valence-electron chi connectivity index (χ4n) is 3.55. The van der Waals surface area contributed by atoms with Gasteiger partial charge in [-0.15, -0.1) is 0 Å². The van der Waals surface area contributed by atoms with E-state index < -0.39 is 6.10 Å². The highest BCUT2D eigenvalue weighted by Gasteiger charge is 2.21. The van der Waals surface area contributed by atoms with E-state index in [4.69, 9.17) is 4.52 Å². The van der Waals surface area contributed by atoms with Crippen LogP contribution in [0.1, 0.15) is 41.5 Å². The molecule has 2 N–H and O–H groups in total.